The van der Waals surface area contributed by atoms with Crippen LogP contribution < -0.4 is 5.32 Å². The van der Waals surface area contributed by atoms with Crippen LogP contribution in [0.3, 0.4) is 0 Å². The number of aliphatic carboxylic acids is 1. The van der Waals surface area contributed by atoms with E-state index in [1.54, 1.807) is 0 Å². The lowest BCUT2D eigenvalue weighted by atomic mass is 10.1. The van der Waals surface area contributed by atoms with Crippen molar-refractivity contribution in [1.82, 2.24) is 15.1 Å². The molecule has 0 saturated carbocycles. The molecule has 1 rings (SSSR count). The minimum Gasteiger partial charge on any atom is -0.480 e. The summed E-state index contributed by atoms with van der Waals surface area (Å²) in [6, 6.07) is -0.492. The summed E-state index contributed by atoms with van der Waals surface area (Å²) in [5, 5.41) is 16.7. The van der Waals surface area contributed by atoms with Crippen LogP contribution in [0.15, 0.2) is 0 Å². The van der Waals surface area contributed by atoms with Gasteiger partial charge in [0.1, 0.15) is 6.04 Å². The molecular weight excluding hydrogens is 242 g/mol. The molecule has 1 atom stereocenters. The Morgan fingerprint density at radius 1 is 1.42 bits per heavy atom. The molecule has 1 aromatic rings. The Hall–Kier alpha value is -1.36. The lowest BCUT2D eigenvalue weighted by Crippen LogP contribution is -2.38. The zero-order chi connectivity index (χ0) is 14.4. The van der Waals surface area contributed by atoms with E-state index in [0.717, 1.165) is 30.8 Å². The van der Waals surface area contributed by atoms with Gasteiger partial charge in [0.2, 0.25) is 0 Å². The molecule has 0 saturated heterocycles. The maximum Gasteiger partial charge on any atom is 0.320 e. The molecule has 0 aliphatic heterocycles. The Morgan fingerprint density at radius 2 is 2.11 bits per heavy atom. The maximum atomic E-state index is 11.1. The van der Waals surface area contributed by atoms with Crippen molar-refractivity contribution in [3.8, 4) is 0 Å². The molecule has 0 fully saturated rings. The molecule has 2 N–H and O–H groups in total. The Labute approximate surface area is 115 Å². The van der Waals surface area contributed by atoms with E-state index in [-0.39, 0.29) is 0 Å². The molecular formula is C14H25N3O2. The lowest BCUT2D eigenvalue weighted by Gasteiger charge is -2.14. The van der Waals surface area contributed by atoms with Crippen LogP contribution in [-0.4, -0.2) is 33.4 Å². The van der Waals surface area contributed by atoms with E-state index in [9.17, 15) is 4.79 Å². The summed E-state index contributed by atoms with van der Waals surface area (Å²) < 4.78 is 1.93. The second kappa shape index (κ2) is 7.28. The van der Waals surface area contributed by atoms with Crippen molar-refractivity contribution in [2.45, 2.75) is 59.5 Å². The van der Waals surface area contributed by atoms with Gasteiger partial charge in [-0.2, -0.15) is 5.10 Å². The number of carboxylic acids is 1. The molecule has 5 nitrogen and oxygen atoms in total. The van der Waals surface area contributed by atoms with Gasteiger partial charge in [-0.1, -0.05) is 13.8 Å². The Morgan fingerprint density at radius 3 is 2.58 bits per heavy atom. The van der Waals surface area contributed by atoms with Gasteiger partial charge in [0.05, 0.1) is 5.69 Å². The van der Waals surface area contributed by atoms with Crippen molar-refractivity contribution in [2.24, 2.45) is 0 Å². The molecule has 0 amide bonds. The number of aryl methyl sites for hydroxylation is 2. The summed E-state index contributed by atoms with van der Waals surface area (Å²) in [6.07, 6.45) is 2.46. The zero-order valence-electron chi connectivity index (χ0n) is 12.4. The Kier molecular flexibility index (Phi) is 6.02. The van der Waals surface area contributed by atoms with Gasteiger partial charge in [0.25, 0.3) is 0 Å². The van der Waals surface area contributed by atoms with E-state index >= 15 is 0 Å². The molecule has 0 bridgehead atoms. The Bertz CT molecular complexity index is 427. The van der Waals surface area contributed by atoms with Crippen LogP contribution >= 0.6 is 0 Å². The molecule has 1 heterocycles. The lowest BCUT2D eigenvalue weighted by molar-refractivity contribution is -0.139. The number of nitrogens with zero attached hydrogens (tertiary/aromatic N) is 2. The largest absolute Gasteiger partial charge is 0.480 e. The molecule has 5 heteroatoms. The van der Waals surface area contributed by atoms with Gasteiger partial charge in [0, 0.05) is 12.2 Å². The third kappa shape index (κ3) is 4.06. The van der Waals surface area contributed by atoms with Crippen molar-refractivity contribution in [3.05, 3.63) is 17.0 Å². The number of aromatic nitrogens is 2. The molecule has 0 aromatic carbocycles. The molecule has 0 aliphatic carbocycles. The van der Waals surface area contributed by atoms with Gasteiger partial charge in [-0.25, -0.2) is 0 Å². The highest BCUT2D eigenvalue weighted by atomic mass is 16.4. The van der Waals surface area contributed by atoms with Gasteiger partial charge in [-0.3, -0.25) is 9.48 Å². The zero-order valence-corrected chi connectivity index (χ0v) is 12.4. The molecule has 0 radical (unpaired) electrons. The topological polar surface area (TPSA) is 67.2 Å². The van der Waals surface area contributed by atoms with Crippen molar-refractivity contribution < 1.29 is 9.90 Å². The van der Waals surface area contributed by atoms with Crippen LogP contribution in [0.2, 0.25) is 0 Å². The fourth-order valence-corrected chi connectivity index (χ4v) is 2.35. The summed E-state index contributed by atoms with van der Waals surface area (Å²) >= 11 is 0. The molecule has 0 spiro atoms. The van der Waals surface area contributed by atoms with Crippen LogP contribution in [0.5, 0.6) is 0 Å². The summed E-state index contributed by atoms with van der Waals surface area (Å²) in [6.45, 7) is 9.57. The van der Waals surface area contributed by atoms with Crippen molar-refractivity contribution in [3.63, 3.8) is 0 Å². The van der Waals surface area contributed by atoms with Gasteiger partial charge >= 0.3 is 5.97 Å². The number of rotatable bonds is 8. The minimum absolute atomic E-state index is 0.492. The number of hydrogen-bond acceptors (Lipinski definition) is 3. The fourth-order valence-electron chi connectivity index (χ4n) is 2.35. The summed E-state index contributed by atoms with van der Waals surface area (Å²) in [4.78, 5) is 11.1. The van der Waals surface area contributed by atoms with Gasteiger partial charge < -0.3 is 10.4 Å². The monoisotopic (exact) mass is 267 g/mol. The average molecular weight is 267 g/mol. The number of carbonyl (C=O) groups is 1. The number of hydrogen-bond donors (Lipinski definition) is 2. The first-order valence-electron chi connectivity index (χ1n) is 7.00. The third-order valence-electron chi connectivity index (χ3n) is 3.45. The van der Waals surface area contributed by atoms with Gasteiger partial charge in [-0.15, -0.1) is 0 Å². The maximum absolute atomic E-state index is 11.1. The fraction of sp³-hybridized carbons (Fsp3) is 0.714. The second-order valence-electron chi connectivity index (χ2n) is 4.86. The van der Waals surface area contributed by atoms with Gasteiger partial charge in [-0.05, 0) is 45.2 Å². The van der Waals surface area contributed by atoms with Crippen LogP contribution in [0, 0.1) is 13.8 Å². The third-order valence-corrected chi connectivity index (χ3v) is 3.45. The van der Waals surface area contributed by atoms with E-state index in [2.05, 4.69) is 17.3 Å². The normalized spacial score (nSPS) is 12.6. The van der Waals surface area contributed by atoms with Crippen LogP contribution in [-0.2, 0) is 17.8 Å². The van der Waals surface area contributed by atoms with Crippen LogP contribution in [0.4, 0.5) is 0 Å². The van der Waals surface area contributed by atoms with Gasteiger partial charge in [0.15, 0.2) is 0 Å². The first kappa shape index (κ1) is 15.7. The van der Waals surface area contributed by atoms with E-state index in [1.165, 1.54) is 5.56 Å². The van der Waals surface area contributed by atoms with Crippen LogP contribution in [0.1, 0.15) is 43.6 Å². The highest BCUT2D eigenvalue weighted by molar-refractivity contribution is 5.73. The summed E-state index contributed by atoms with van der Waals surface area (Å²) in [7, 11) is 0. The highest BCUT2D eigenvalue weighted by Gasteiger charge is 2.17. The minimum atomic E-state index is -0.786. The standard InChI is InChI=1S/C14H25N3O2/c1-5-8-15-13(14(18)19)7-9-17-11(4)12(6-2)10(3)16-17/h13,15H,5-9H2,1-4H3,(H,18,19). The SMILES string of the molecule is CCCNC(CCn1nc(C)c(CC)c1C)C(=O)O. The Balaban J connectivity index is 2.66. The number of nitrogens with one attached hydrogen (secondary N) is 1. The summed E-state index contributed by atoms with van der Waals surface area (Å²) in [5.41, 5.74) is 3.47. The number of carboxylic acid groups (broad SMARTS) is 1. The van der Waals surface area contributed by atoms with E-state index in [1.807, 2.05) is 25.5 Å². The summed E-state index contributed by atoms with van der Waals surface area (Å²) in [5.74, 6) is -0.786. The predicted molar refractivity (Wildman–Crippen MR) is 75.4 cm³/mol. The molecule has 108 valence electrons. The molecule has 1 aromatic heterocycles. The van der Waals surface area contributed by atoms with Crippen molar-refractivity contribution in [2.75, 3.05) is 6.54 Å². The van der Waals surface area contributed by atoms with Crippen molar-refractivity contribution >= 4 is 5.97 Å². The first-order valence-corrected chi connectivity index (χ1v) is 7.00. The highest BCUT2D eigenvalue weighted by Crippen LogP contribution is 2.14. The van der Waals surface area contributed by atoms with Crippen LogP contribution in [0.25, 0.3) is 0 Å². The van der Waals surface area contributed by atoms with E-state index in [4.69, 9.17) is 5.11 Å². The quantitative estimate of drug-likeness (QED) is 0.755. The van der Waals surface area contributed by atoms with Crippen molar-refractivity contribution in [1.29, 1.82) is 0 Å². The first-order chi connectivity index (χ1) is 9.01. The molecule has 19 heavy (non-hydrogen) atoms. The average Bonchev–Trinajstić information content (AvgIpc) is 2.63. The molecule has 1 unspecified atom stereocenters. The van der Waals surface area contributed by atoms with E-state index in [0.29, 0.717) is 13.0 Å². The van der Waals surface area contributed by atoms with E-state index < -0.39 is 12.0 Å². The second-order valence-corrected chi connectivity index (χ2v) is 4.86. The smallest absolute Gasteiger partial charge is 0.320 e. The molecule has 0 aliphatic rings. The predicted octanol–water partition coefficient (Wildman–Crippen LogP) is 1.91.